The lowest BCUT2D eigenvalue weighted by Gasteiger charge is -2.04. The maximum atomic E-state index is 5.21. The van der Waals surface area contributed by atoms with Crippen molar-refractivity contribution in [1.82, 2.24) is 9.97 Å². The Morgan fingerprint density at radius 1 is 1.36 bits per heavy atom. The number of nitrogens with zero attached hydrogens (tertiary/aromatic N) is 2. The number of aromatic nitrogens is 2. The second-order valence-electron chi connectivity index (χ2n) is 3.06. The van der Waals surface area contributed by atoms with Gasteiger partial charge in [-0.3, -0.25) is 0 Å². The number of anilines is 1. The van der Waals surface area contributed by atoms with Crippen LogP contribution in [0.15, 0.2) is 12.4 Å². The van der Waals surface area contributed by atoms with E-state index in [9.17, 15) is 0 Å². The highest BCUT2D eigenvalue weighted by atomic mass is 16.5. The molecule has 0 saturated carbocycles. The van der Waals surface area contributed by atoms with Crippen LogP contribution in [0.25, 0.3) is 0 Å². The van der Waals surface area contributed by atoms with Crippen LogP contribution >= 0.6 is 0 Å². The number of nitrogens with one attached hydrogen (secondary N) is 1. The summed E-state index contributed by atoms with van der Waals surface area (Å²) in [6.07, 6.45) is 4.58. The molecule has 4 heteroatoms. The van der Waals surface area contributed by atoms with E-state index in [1.807, 2.05) is 13.8 Å². The number of hydrogen-bond donors (Lipinski definition) is 1. The van der Waals surface area contributed by atoms with Crippen LogP contribution < -0.4 is 5.32 Å². The molecule has 1 heterocycles. The Kier molecular flexibility index (Phi) is 4.93. The minimum Gasteiger partial charge on any atom is -0.382 e. The van der Waals surface area contributed by atoms with Gasteiger partial charge in [-0.05, 0) is 25.8 Å². The number of ether oxygens (including phenoxy) is 1. The van der Waals surface area contributed by atoms with E-state index in [0.29, 0.717) is 5.95 Å². The molecule has 0 saturated heterocycles. The lowest BCUT2D eigenvalue weighted by Crippen LogP contribution is -2.08. The Morgan fingerprint density at radius 3 is 2.71 bits per heavy atom. The van der Waals surface area contributed by atoms with Crippen LogP contribution in [-0.2, 0) is 4.74 Å². The van der Waals surface area contributed by atoms with Gasteiger partial charge in [0, 0.05) is 32.2 Å². The van der Waals surface area contributed by atoms with E-state index in [1.54, 1.807) is 12.4 Å². The number of hydrogen-bond acceptors (Lipinski definition) is 4. The molecule has 1 rings (SSSR count). The maximum Gasteiger partial charge on any atom is 0.222 e. The Hall–Kier alpha value is -1.16. The molecular formula is C10H17N3O. The van der Waals surface area contributed by atoms with Crippen molar-refractivity contribution >= 4 is 5.95 Å². The van der Waals surface area contributed by atoms with Crippen molar-refractivity contribution in [2.24, 2.45) is 0 Å². The minimum absolute atomic E-state index is 0.687. The lowest BCUT2D eigenvalue weighted by atomic mass is 10.4. The van der Waals surface area contributed by atoms with Crippen LogP contribution in [0.4, 0.5) is 5.95 Å². The molecule has 1 N–H and O–H groups in total. The maximum absolute atomic E-state index is 5.21. The van der Waals surface area contributed by atoms with E-state index in [-0.39, 0.29) is 0 Å². The van der Waals surface area contributed by atoms with Crippen LogP contribution in [-0.4, -0.2) is 29.7 Å². The zero-order valence-corrected chi connectivity index (χ0v) is 8.79. The molecule has 0 aliphatic carbocycles. The number of rotatable bonds is 6. The van der Waals surface area contributed by atoms with Crippen LogP contribution in [0.1, 0.15) is 18.9 Å². The summed E-state index contributed by atoms with van der Waals surface area (Å²) in [6, 6.07) is 0. The molecule has 78 valence electrons. The molecule has 1 aromatic rings. The standard InChI is InChI=1S/C10H17N3O/c1-3-14-6-4-5-11-10-12-7-9(2)8-13-10/h7-8H,3-6H2,1-2H3,(H,11,12,13). The summed E-state index contributed by atoms with van der Waals surface area (Å²) in [7, 11) is 0. The summed E-state index contributed by atoms with van der Waals surface area (Å²) in [4.78, 5) is 8.27. The van der Waals surface area contributed by atoms with Crippen molar-refractivity contribution in [1.29, 1.82) is 0 Å². The van der Waals surface area contributed by atoms with Gasteiger partial charge in [0.2, 0.25) is 5.95 Å². The highest BCUT2D eigenvalue weighted by molar-refractivity contribution is 5.23. The van der Waals surface area contributed by atoms with Gasteiger partial charge in [0.05, 0.1) is 0 Å². The molecule has 0 radical (unpaired) electrons. The normalized spacial score (nSPS) is 10.1. The highest BCUT2D eigenvalue weighted by Gasteiger charge is 1.93. The van der Waals surface area contributed by atoms with Crippen molar-refractivity contribution in [2.45, 2.75) is 20.3 Å². The van der Waals surface area contributed by atoms with Gasteiger partial charge < -0.3 is 10.1 Å². The lowest BCUT2D eigenvalue weighted by molar-refractivity contribution is 0.147. The Labute approximate surface area is 84.7 Å². The predicted octanol–water partition coefficient (Wildman–Crippen LogP) is 1.62. The molecule has 0 fully saturated rings. The molecule has 0 aliphatic rings. The first kappa shape index (κ1) is 10.9. The third-order valence-electron chi connectivity index (χ3n) is 1.73. The van der Waals surface area contributed by atoms with E-state index >= 15 is 0 Å². The van der Waals surface area contributed by atoms with Crippen LogP contribution in [0.5, 0.6) is 0 Å². The van der Waals surface area contributed by atoms with Gasteiger partial charge in [-0.1, -0.05) is 0 Å². The summed E-state index contributed by atoms with van der Waals surface area (Å²) in [6.45, 7) is 6.38. The number of aryl methyl sites for hydroxylation is 1. The van der Waals surface area contributed by atoms with Crippen LogP contribution in [0, 0.1) is 6.92 Å². The zero-order valence-electron chi connectivity index (χ0n) is 8.79. The topological polar surface area (TPSA) is 47.0 Å². The highest BCUT2D eigenvalue weighted by Crippen LogP contribution is 1.98. The summed E-state index contributed by atoms with van der Waals surface area (Å²) in [5.74, 6) is 0.687. The fraction of sp³-hybridized carbons (Fsp3) is 0.600. The van der Waals surface area contributed by atoms with Gasteiger partial charge in [-0.2, -0.15) is 0 Å². The van der Waals surface area contributed by atoms with Crippen molar-refractivity contribution < 1.29 is 4.74 Å². The monoisotopic (exact) mass is 195 g/mol. The molecule has 0 amide bonds. The first-order chi connectivity index (χ1) is 6.83. The Morgan fingerprint density at radius 2 is 2.07 bits per heavy atom. The second kappa shape index (κ2) is 6.32. The summed E-state index contributed by atoms with van der Waals surface area (Å²) in [5.41, 5.74) is 1.07. The first-order valence-electron chi connectivity index (χ1n) is 4.93. The van der Waals surface area contributed by atoms with E-state index in [2.05, 4.69) is 15.3 Å². The molecule has 0 spiro atoms. The molecular weight excluding hydrogens is 178 g/mol. The van der Waals surface area contributed by atoms with E-state index < -0.39 is 0 Å². The Balaban J connectivity index is 2.15. The van der Waals surface area contributed by atoms with Crippen molar-refractivity contribution in [2.75, 3.05) is 25.1 Å². The molecule has 0 aliphatic heterocycles. The molecule has 0 bridgehead atoms. The SMILES string of the molecule is CCOCCCNc1ncc(C)cn1. The smallest absolute Gasteiger partial charge is 0.222 e. The zero-order chi connectivity index (χ0) is 10.2. The van der Waals surface area contributed by atoms with Gasteiger partial charge in [-0.15, -0.1) is 0 Å². The van der Waals surface area contributed by atoms with Crippen LogP contribution in [0.2, 0.25) is 0 Å². The molecule has 14 heavy (non-hydrogen) atoms. The fourth-order valence-electron chi connectivity index (χ4n) is 1.00. The second-order valence-corrected chi connectivity index (χ2v) is 3.06. The van der Waals surface area contributed by atoms with Gasteiger partial charge in [0.15, 0.2) is 0 Å². The minimum atomic E-state index is 0.687. The van der Waals surface area contributed by atoms with Gasteiger partial charge in [0.1, 0.15) is 0 Å². The largest absolute Gasteiger partial charge is 0.382 e. The average Bonchev–Trinajstić information content (AvgIpc) is 2.21. The molecule has 0 atom stereocenters. The van der Waals surface area contributed by atoms with Crippen LogP contribution in [0.3, 0.4) is 0 Å². The van der Waals surface area contributed by atoms with Crippen molar-refractivity contribution in [3.63, 3.8) is 0 Å². The van der Waals surface area contributed by atoms with Gasteiger partial charge >= 0.3 is 0 Å². The summed E-state index contributed by atoms with van der Waals surface area (Å²) < 4.78 is 5.21. The van der Waals surface area contributed by atoms with Gasteiger partial charge in [0.25, 0.3) is 0 Å². The van der Waals surface area contributed by atoms with Crippen molar-refractivity contribution in [3.05, 3.63) is 18.0 Å². The molecule has 0 aromatic carbocycles. The fourth-order valence-corrected chi connectivity index (χ4v) is 1.00. The third-order valence-corrected chi connectivity index (χ3v) is 1.73. The molecule has 0 unspecified atom stereocenters. The van der Waals surface area contributed by atoms with E-state index in [1.165, 1.54) is 0 Å². The predicted molar refractivity (Wildman–Crippen MR) is 56.4 cm³/mol. The quantitative estimate of drug-likeness (QED) is 0.701. The summed E-state index contributed by atoms with van der Waals surface area (Å²) in [5, 5.41) is 3.13. The molecule has 4 nitrogen and oxygen atoms in total. The van der Waals surface area contributed by atoms with E-state index in [4.69, 9.17) is 4.74 Å². The Bertz CT molecular complexity index is 248. The average molecular weight is 195 g/mol. The molecule has 1 aromatic heterocycles. The van der Waals surface area contributed by atoms with E-state index in [0.717, 1.165) is 31.7 Å². The summed E-state index contributed by atoms with van der Waals surface area (Å²) >= 11 is 0. The third kappa shape index (κ3) is 4.18. The van der Waals surface area contributed by atoms with Gasteiger partial charge in [-0.25, -0.2) is 9.97 Å². The first-order valence-corrected chi connectivity index (χ1v) is 4.93. The van der Waals surface area contributed by atoms with Crippen molar-refractivity contribution in [3.8, 4) is 0 Å².